The Bertz CT molecular complexity index is 338. The van der Waals surface area contributed by atoms with Crippen LogP contribution in [0.3, 0.4) is 0 Å². The summed E-state index contributed by atoms with van der Waals surface area (Å²) in [5.74, 6) is 1.35. The highest BCUT2D eigenvalue weighted by atomic mass is 16.5. The Balaban J connectivity index is 2.60. The van der Waals surface area contributed by atoms with Crippen LogP contribution in [0.2, 0.25) is 0 Å². The highest BCUT2D eigenvalue weighted by molar-refractivity contribution is 5.18. The molecule has 19 heavy (non-hydrogen) atoms. The van der Waals surface area contributed by atoms with Gasteiger partial charge in [0.25, 0.3) is 0 Å². The molecule has 1 aromatic rings. The summed E-state index contributed by atoms with van der Waals surface area (Å²) in [5.41, 5.74) is 1.21. The lowest BCUT2D eigenvalue weighted by Gasteiger charge is -2.16. The first kappa shape index (κ1) is 16.0. The fraction of sp³-hybridized carbons (Fsp3) is 0.706. The summed E-state index contributed by atoms with van der Waals surface area (Å²) in [7, 11) is 1.69. The van der Waals surface area contributed by atoms with Crippen LogP contribution >= 0.6 is 0 Å². The van der Waals surface area contributed by atoms with E-state index in [1.54, 1.807) is 7.11 Å². The van der Waals surface area contributed by atoms with Crippen molar-refractivity contribution in [2.24, 2.45) is 0 Å². The van der Waals surface area contributed by atoms with Crippen LogP contribution in [0.15, 0.2) is 18.2 Å². The highest BCUT2D eigenvalue weighted by Crippen LogP contribution is 2.27. The third kappa shape index (κ3) is 6.09. The third-order valence-corrected chi connectivity index (χ3v) is 3.68. The van der Waals surface area contributed by atoms with E-state index in [-0.39, 0.29) is 0 Å². The first-order valence-corrected chi connectivity index (χ1v) is 7.82. The Morgan fingerprint density at radius 1 is 1.00 bits per heavy atom. The van der Waals surface area contributed by atoms with Crippen molar-refractivity contribution < 1.29 is 4.74 Å². The fourth-order valence-corrected chi connectivity index (χ4v) is 2.48. The lowest BCUT2D eigenvalue weighted by atomic mass is 9.92. The molecular weight excluding hydrogens is 234 g/mol. The van der Waals surface area contributed by atoms with Gasteiger partial charge >= 0.3 is 0 Å². The van der Waals surface area contributed by atoms with Crippen molar-refractivity contribution >= 4 is 0 Å². The third-order valence-electron chi connectivity index (χ3n) is 3.68. The van der Waals surface area contributed by atoms with Crippen molar-refractivity contribution in [2.45, 2.75) is 71.1 Å². The molecule has 0 amide bonds. The normalized spacial score (nSPS) is 12.4. The van der Waals surface area contributed by atoms with Gasteiger partial charge < -0.3 is 4.74 Å². The van der Waals surface area contributed by atoms with Gasteiger partial charge in [0.05, 0.1) is 7.11 Å². The van der Waals surface area contributed by atoms with Gasteiger partial charge in [0.15, 0.2) is 0 Å². The number of methoxy groups -OCH3 is 1. The van der Waals surface area contributed by atoms with Crippen molar-refractivity contribution in [1.82, 2.24) is 4.98 Å². The number of rotatable bonds is 10. The minimum atomic E-state index is 0.604. The molecule has 2 nitrogen and oxygen atoms in total. The van der Waals surface area contributed by atoms with E-state index < -0.39 is 0 Å². The zero-order chi connectivity index (χ0) is 13.9. The maximum absolute atomic E-state index is 5.24. The largest absolute Gasteiger partial charge is 0.481 e. The van der Waals surface area contributed by atoms with Crippen molar-refractivity contribution in [3.63, 3.8) is 0 Å². The number of nitrogens with zero attached hydrogens (tertiary/aromatic N) is 1. The van der Waals surface area contributed by atoms with Gasteiger partial charge in [0.1, 0.15) is 0 Å². The number of hydrogen-bond acceptors (Lipinski definition) is 2. The van der Waals surface area contributed by atoms with Crippen LogP contribution < -0.4 is 4.74 Å². The second-order valence-electron chi connectivity index (χ2n) is 5.29. The molecule has 0 radical (unpaired) electrons. The van der Waals surface area contributed by atoms with Crippen LogP contribution in [0.25, 0.3) is 0 Å². The first-order chi connectivity index (χ1) is 9.31. The van der Waals surface area contributed by atoms with Crippen molar-refractivity contribution in [3.05, 3.63) is 23.9 Å². The smallest absolute Gasteiger partial charge is 0.213 e. The number of pyridine rings is 1. The summed E-state index contributed by atoms with van der Waals surface area (Å²) in [5, 5.41) is 0. The Morgan fingerprint density at radius 2 is 1.74 bits per heavy atom. The molecule has 0 N–H and O–H groups in total. The summed E-state index contributed by atoms with van der Waals surface area (Å²) in [6.07, 6.45) is 10.4. The van der Waals surface area contributed by atoms with Crippen LogP contribution in [0.4, 0.5) is 0 Å². The molecule has 0 fully saturated rings. The zero-order valence-corrected chi connectivity index (χ0v) is 12.8. The van der Waals surface area contributed by atoms with Crippen molar-refractivity contribution in [2.75, 3.05) is 7.11 Å². The molecule has 0 aliphatic heterocycles. The molecule has 1 rings (SSSR count). The molecular formula is C17H29NO. The lowest BCUT2D eigenvalue weighted by Crippen LogP contribution is -2.03. The molecule has 0 aliphatic rings. The quantitative estimate of drug-likeness (QED) is 0.532. The van der Waals surface area contributed by atoms with Gasteiger partial charge in [-0.25, -0.2) is 4.98 Å². The average molecular weight is 263 g/mol. The summed E-state index contributed by atoms with van der Waals surface area (Å²) < 4.78 is 5.24. The van der Waals surface area contributed by atoms with Crippen LogP contribution in [0.1, 0.15) is 76.8 Å². The fourth-order valence-electron chi connectivity index (χ4n) is 2.48. The Morgan fingerprint density at radius 3 is 2.42 bits per heavy atom. The maximum Gasteiger partial charge on any atom is 0.213 e. The summed E-state index contributed by atoms with van der Waals surface area (Å²) in [4.78, 5) is 4.62. The van der Waals surface area contributed by atoms with E-state index in [0.29, 0.717) is 5.92 Å². The minimum Gasteiger partial charge on any atom is -0.481 e. The van der Waals surface area contributed by atoms with E-state index in [9.17, 15) is 0 Å². The summed E-state index contributed by atoms with van der Waals surface area (Å²) in [6, 6.07) is 6.15. The molecule has 1 aromatic heterocycles. The number of hydrogen-bond donors (Lipinski definition) is 0. The zero-order valence-electron chi connectivity index (χ0n) is 12.8. The summed E-state index contributed by atoms with van der Waals surface area (Å²) >= 11 is 0. The van der Waals surface area contributed by atoms with E-state index in [1.807, 2.05) is 6.07 Å². The minimum absolute atomic E-state index is 0.604. The van der Waals surface area contributed by atoms with Gasteiger partial charge in [-0.3, -0.25) is 0 Å². The Kier molecular flexibility index (Phi) is 8.28. The van der Waals surface area contributed by atoms with Gasteiger partial charge in [-0.05, 0) is 18.9 Å². The monoisotopic (exact) mass is 263 g/mol. The predicted molar refractivity (Wildman–Crippen MR) is 81.8 cm³/mol. The second kappa shape index (κ2) is 9.82. The van der Waals surface area contributed by atoms with Crippen molar-refractivity contribution in [1.29, 1.82) is 0 Å². The van der Waals surface area contributed by atoms with Crippen LogP contribution in [0, 0.1) is 0 Å². The van der Waals surface area contributed by atoms with Crippen LogP contribution in [0.5, 0.6) is 5.88 Å². The van der Waals surface area contributed by atoms with Crippen molar-refractivity contribution in [3.8, 4) is 5.88 Å². The van der Waals surface area contributed by atoms with E-state index in [0.717, 1.165) is 5.88 Å². The standard InChI is InChI=1S/C17H29NO/c1-4-6-8-9-12-15(11-7-5-2)16-13-10-14-17(18-16)19-3/h10,13-15H,4-9,11-12H2,1-3H3. The predicted octanol–water partition coefficient (Wildman–Crippen LogP) is 5.33. The molecule has 0 aromatic carbocycles. The van der Waals surface area contributed by atoms with Gasteiger partial charge in [0, 0.05) is 17.7 Å². The molecule has 1 atom stereocenters. The van der Waals surface area contributed by atoms with Crippen LogP contribution in [-0.4, -0.2) is 12.1 Å². The molecule has 0 aliphatic carbocycles. The Hall–Kier alpha value is -1.05. The molecule has 108 valence electrons. The number of unbranched alkanes of at least 4 members (excludes halogenated alkanes) is 4. The van der Waals surface area contributed by atoms with E-state index in [2.05, 4.69) is 31.0 Å². The first-order valence-electron chi connectivity index (χ1n) is 7.82. The molecule has 0 bridgehead atoms. The molecule has 0 saturated carbocycles. The van der Waals surface area contributed by atoms with E-state index in [1.165, 1.54) is 57.1 Å². The molecule has 1 unspecified atom stereocenters. The van der Waals surface area contributed by atoms with Gasteiger partial charge in [-0.15, -0.1) is 0 Å². The van der Waals surface area contributed by atoms with Gasteiger partial charge in [-0.2, -0.15) is 0 Å². The van der Waals surface area contributed by atoms with Gasteiger partial charge in [0.2, 0.25) is 5.88 Å². The highest BCUT2D eigenvalue weighted by Gasteiger charge is 2.13. The lowest BCUT2D eigenvalue weighted by molar-refractivity contribution is 0.392. The topological polar surface area (TPSA) is 22.1 Å². The molecule has 0 saturated heterocycles. The number of aromatic nitrogens is 1. The van der Waals surface area contributed by atoms with Gasteiger partial charge in [-0.1, -0.05) is 58.4 Å². The SMILES string of the molecule is CCCCCCC(CCCC)c1cccc(OC)n1. The molecule has 2 heteroatoms. The average Bonchev–Trinajstić information content (AvgIpc) is 2.46. The summed E-state index contributed by atoms with van der Waals surface area (Å²) in [6.45, 7) is 4.52. The molecule has 1 heterocycles. The maximum atomic E-state index is 5.24. The van der Waals surface area contributed by atoms with Crippen LogP contribution in [-0.2, 0) is 0 Å². The number of ether oxygens (including phenoxy) is 1. The van der Waals surface area contributed by atoms with E-state index >= 15 is 0 Å². The second-order valence-corrected chi connectivity index (χ2v) is 5.29. The molecule has 0 spiro atoms. The van der Waals surface area contributed by atoms with E-state index in [4.69, 9.17) is 4.74 Å². The Labute approximate surface area is 118 Å².